The maximum atomic E-state index is 13.9. The summed E-state index contributed by atoms with van der Waals surface area (Å²) in [5.74, 6) is -1.86. The summed E-state index contributed by atoms with van der Waals surface area (Å²) < 4.78 is 0. The maximum Gasteiger partial charge on any atom is 0.261 e. The molecule has 6 aromatic rings. The Morgan fingerprint density at radius 2 is 0.451 bits per heavy atom. The SMILES string of the molecule is CCCCCCCCN1C(=O)c2cc3cc4c(cc3cc2C1=O)C1c2cc3cc5c(cc3cc2C4c2cc3cc4c(cc3cc21)C(=O)N(CCCCCCCC)C4=O)C(=O)N(CCCCCCCC)C5=O. The van der Waals surface area contributed by atoms with E-state index in [4.69, 9.17) is 0 Å². The number of fused-ring (bicyclic) bond motifs is 6. The molecule has 3 aliphatic carbocycles. The number of hydrogen-bond donors (Lipinski definition) is 0. The first-order chi connectivity index (χ1) is 34.6. The molecule has 2 bridgehead atoms. The normalized spacial score (nSPS) is 17.4. The number of benzene rings is 6. The number of unbranched alkanes of at least 4 members (excludes halogenated alkanes) is 15. The second-order valence-corrected chi connectivity index (χ2v) is 21.1. The summed E-state index contributed by atoms with van der Waals surface area (Å²) in [6.07, 6.45) is 19.2. The van der Waals surface area contributed by atoms with Gasteiger partial charge < -0.3 is 0 Å². The van der Waals surface area contributed by atoms with E-state index in [9.17, 15) is 28.8 Å². The van der Waals surface area contributed by atoms with E-state index in [1.54, 1.807) is 0 Å². The van der Waals surface area contributed by atoms with Crippen LogP contribution in [0.3, 0.4) is 0 Å². The Morgan fingerprint density at radius 3 is 0.648 bits per heavy atom. The van der Waals surface area contributed by atoms with Gasteiger partial charge in [-0.1, -0.05) is 117 Å². The highest BCUT2D eigenvalue weighted by atomic mass is 16.2. The van der Waals surface area contributed by atoms with Crippen LogP contribution in [0.15, 0.2) is 72.8 Å². The molecule has 0 saturated carbocycles. The third kappa shape index (κ3) is 7.98. The Bertz CT molecular complexity index is 2710. The summed E-state index contributed by atoms with van der Waals surface area (Å²) in [5.41, 5.74) is 9.34. The Hall–Kier alpha value is -6.48. The Kier molecular flexibility index (Phi) is 12.7. The maximum absolute atomic E-state index is 13.9. The van der Waals surface area contributed by atoms with Crippen molar-refractivity contribution in [2.75, 3.05) is 19.6 Å². The molecule has 9 heteroatoms. The number of amides is 6. The molecule has 0 N–H and O–H groups in total. The molecule has 12 rings (SSSR count). The highest BCUT2D eigenvalue weighted by Crippen LogP contribution is 2.58. The fourth-order valence-corrected chi connectivity index (χ4v) is 12.6. The van der Waals surface area contributed by atoms with Crippen LogP contribution in [0.1, 0.15) is 244 Å². The van der Waals surface area contributed by atoms with E-state index in [0.29, 0.717) is 53.0 Å². The van der Waals surface area contributed by atoms with Gasteiger partial charge in [-0.2, -0.15) is 0 Å². The van der Waals surface area contributed by atoms with Crippen molar-refractivity contribution in [3.05, 3.63) is 140 Å². The molecule has 3 heterocycles. The van der Waals surface area contributed by atoms with Crippen molar-refractivity contribution < 1.29 is 28.8 Å². The molecule has 6 aliphatic rings. The van der Waals surface area contributed by atoms with Crippen molar-refractivity contribution in [3.63, 3.8) is 0 Å². The average Bonchev–Trinajstić information content (AvgIpc) is 3.85. The summed E-state index contributed by atoms with van der Waals surface area (Å²) in [6.45, 7) is 7.81. The van der Waals surface area contributed by atoms with Gasteiger partial charge in [-0.15, -0.1) is 0 Å². The van der Waals surface area contributed by atoms with Gasteiger partial charge in [-0.25, -0.2) is 0 Å². The number of nitrogens with zero attached hydrogens (tertiary/aromatic N) is 3. The molecule has 6 amide bonds. The van der Waals surface area contributed by atoms with Gasteiger partial charge >= 0.3 is 0 Å². The predicted octanol–water partition coefficient (Wildman–Crippen LogP) is 14.0. The van der Waals surface area contributed by atoms with Crippen LogP contribution in [-0.2, 0) is 0 Å². The van der Waals surface area contributed by atoms with Crippen molar-refractivity contribution in [1.29, 1.82) is 0 Å². The molecular formula is C62H65N3O6. The summed E-state index contributed by atoms with van der Waals surface area (Å²) in [5, 5.41) is 5.34. The fourth-order valence-electron chi connectivity index (χ4n) is 12.6. The number of carbonyl (C=O) groups is 6. The lowest BCUT2D eigenvalue weighted by Crippen LogP contribution is -2.30. The zero-order valence-corrected chi connectivity index (χ0v) is 41.7. The third-order valence-corrected chi connectivity index (χ3v) is 16.5. The molecule has 0 spiro atoms. The molecular weight excluding hydrogens is 883 g/mol. The Morgan fingerprint density at radius 1 is 0.268 bits per heavy atom. The van der Waals surface area contributed by atoms with Crippen LogP contribution in [0.4, 0.5) is 0 Å². The fraction of sp³-hybridized carbons (Fsp3) is 0.419. The van der Waals surface area contributed by atoms with Crippen LogP contribution < -0.4 is 0 Å². The van der Waals surface area contributed by atoms with Crippen LogP contribution in [0, 0.1) is 0 Å². The molecule has 0 radical (unpaired) electrons. The minimum Gasteiger partial charge on any atom is -0.274 e. The minimum atomic E-state index is -0.238. The molecule has 0 saturated heterocycles. The molecule has 0 atom stereocenters. The Balaban J connectivity index is 0.979. The number of rotatable bonds is 21. The summed E-state index contributed by atoms with van der Waals surface area (Å²) in [7, 11) is 0. The van der Waals surface area contributed by atoms with Crippen molar-refractivity contribution in [1.82, 2.24) is 14.7 Å². The monoisotopic (exact) mass is 947 g/mol. The zero-order chi connectivity index (χ0) is 49.1. The van der Waals surface area contributed by atoms with Crippen LogP contribution in [0.5, 0.6) is 0 Å². The van der Waals surface area contributed by atoms with E-state index < -0.39 is 0 Å². The van der Waals surface area contributed by atoms with Gasteiger partial charge in [0.1, 0.15) is 0 Å². The largest absolute Gasteiger partial charge is 0.274 e. The van der Waals surface area contributed by atoms with Crippen molar-refractivity contribution in [2.45, 2.75) is 148 Å². The summed E-state index contributed by atoms with van der Waals surface area (Å²) >= 11 is 0. The second kappa shape index (κ2) is 19.3. The Labute approximate surface area is 416 Å². The van der Waals surface area contributed by atoms with Gasteiger partial charge in [0.15, 0.2) is 0 Å². The highest BCUT2D eigenvalue weighted by Gasteiger charge is 2.44. The van der Waals surface area contributed by atoms with E-state index in [1.807, 2.05) is 36.4 Å². The number of carbonyl (C=O) groups excluding carboxylic acids is 6. The standard InChI is InChI=1S/C62H65N3O6/c1-4-7-10-13-16-19-22-63-57(66)49-31-37-25-43-44(26-38(37)32-50(49)58(63)67)56-46-28-40-34-52-51(59(68)64(60(52)69)23-20-17-14-11-8-5-2)33-39(40)27-45(46)55(43)47-29-41-35-53-54(36-42(41)30-48(47)56)62(71)65(61(53)70)24-21-18-15-12-9-6-3/h25-36,55-56H,4-24H2,1-3H3. The lowest BCUT2D eigenvalue weighted by atomic mass is 9.60. The van der Waals surface area contributed by atoms with E-state index in [2.05, 4.69) is 57.2 Å². The van der Waals surface area contributed by atoms with Crippen LogP contribution >= 0.6 is 0 Å². The predicted molar refractivity (Wildman–Crippen MR) is 280 cm³/mol. The lowest BCUT2D eigenvalue weighted by Gasteiger charge is -2.43. The second-order valence-electron chi connectivity index (χ2n) is 21.1. The topological polar surface area (TPSA) is 112 Å². The average molecular weight is 948 g/mol. The summed E-state index contributed by atoms with van der Waals surface area (Å²) in [4.78, 5) is 87.7. The molecule has 0 fully saturated rings. The number of hydrogen-bond acceptors (Lipinski definition) is 6. The van der Waals surface area contributed by atoms with E-state index in [0.717, 1.165) is 162 Å². The number of imide groups is 3. The first-order valence-electron chi connectivity index (χ1n) is 27.0. The molecule has 0 unspecified atom stereocenters. The van der Waals surface area contributed by atoms with Crippen molar-refractivity contribution in [2.24, 2.45) is 0 Å². The molecule has 6 aromatic carbocycles. The van der Waals surface area contributed by atoms with E-state index >= 15 is 0 Å². The zero-order valence-electron chi connectivity index (χ0n) is 41.7. The van der Waals surface area contributed by atoms with Crippen molar-refractivity contribution in [3.8, 4) is 0 Å². The molecule has 71 heavy (non-hydrogen) atoms. The highest BCUT2D eigenvalue weighted by molar-refractivity contribution is 6.25. The van der Waals surface area contributed by atoms with Gasteiger partial charge in [-0.3, -0.25) is 43.5 Å². The van der Waals surface area contributed by atoms with Gasteiger partial charge in [0.05, 0.1) is 33.4 Å². The van der Waals surface area contributed by atoms with E-state index in [1.165, 1.54) is 34.0 Å². The van der Waals surface area contributed by atoms with Gasteiger partial charge in [0.2, 0.25) is 0 Å². The lowest BCUT2D eigenvalue weighted by molar-refractivity contribution is 0.0636. The first kappa shape index (κ1) is 46.9. The first-order valence-corrected chi connectivity index (χ1v) is 27.0. The van der Waals surface area contributed by atoms with Gasteiger partial charge in [0.25, 0.3) is 35.4 Å². The summed E-state index contributed by atoms with van der Waals surface area (Å²) in [6, 6.07) is 24.6. The van der Waals surface area contributed by atoms with Crippen LogP contribution in [0.25, 0.3) is 32.3 Å². The van der Waals surface area contributed by atoms with Gasteiger partial charge in [0, 0.05) is 31.5 Å². The van der Waals surface area contributed by atoms with Crippen molar-refractivity contribution >= 4 is 67.8 Å². The van der Waals surface area contributed by atoms with Crippen LogP contribution in [0.2, 0.25) is 0 Å². The molecule has 3 aliphatic heterocycles. The van der Waals surface area contributed by atoms with Crippen LogP contribution in [-0.4, -0.2) is 69.8 Å². The quantitative estimate of drug-likeness (QED) is 0.0524. The molecule has 9 nitrogen and oxygen atoms in total. The van der Waals surface area contributed by atoms with E-state index in [-0.39, 0.29) is 47.3 Å². The molecule has 0 aromatic heterocycles. The minimum absolute atomic E-state index is 0.231. The smallest absolute Gasteiger partial charge is 0.261 e. The van der Waals surface area contributed by atoms with Gasteiger partial charge in [-0.05, 0) is 158 Å². The third-order valence-electron chi connectivity index (χ3n) is 16.5. The molecule has 364 valence electrons.